The van der Waals surface area contributed by atoms with Crippen molar-refractivity contribution in [3.63, 3.8) is 0 Å². The average Bonchev–Trinajstić information content (AvgIpc) is 2.77. The van der Waals surface area contributed by atoms with E-state index in [1.54, 1.807) is 30.3 Å². The van der Waals surface area contributed by atoms with Crippen molar-refractivity contribution in [1.29, 1.82) is 0 Å². The monoisotopic (exact) mass is 466 g/mol. The number of amides is 1. The van der Waals surface area contributed by atoms with Gasteiger partial charge in [-0.25, -0.2) is 8.42 Å². The number of rotatable bonds is 9. The smallest absolute Gasteiger partial charge is 0.261 e. The quantitative estimate of drug-likeness (QED) is 0.419. The van der Waals surface area contributed by atoms with Crippen LogP contribution in [0.2, 0.25) is 0 Å². The summed E-state index contributed by atoms with van der Waals surface area (Å²) in [4.78, 5) is 12.9. The molecule has 2 N–H and O–H groups in total. The highest BCUT2D eigenvalue weighted by Crippen LogP contribution is 2.25. The largest absolute Gasteiger partial charge is 0.493 e. The topological polar surface area (TPSA) is 84.5 Å². The summed E-state index contributed by atoms with van der Waals surface area (Å²) in [6, 6.07) is 18.7. The maximum atomic E-state index is 12.8. The van der Waals surface area contributed by atoms with Crippen LogP contribution in [-0.4, -0.2) is 20.9 Å². The third-order valence-electron chi connectivity index (χ3n) is 5.22. The van der Waals surface area contributed by atoms with E-state index in [-0.39, 0.29) is 10.8 Å². The molecule has 0 saturated carbocycles. The van der Waals surface area contributed by atoms with Crippen LogP contribution < -0.4 is 14.8 Å². The van der Waals surface area contributed by atoms with Crippen LogP contribution in [0.4, 0.5) is 11.4 Å². The Balaban J connectivity index is 1.72. The molecule has 0 saturated heterocycles. The summed E-state index contributed by atoms with van der Waals surface area (Å²) >= 11 is 0. The van der Waals surface area contributed by atoms with Crippen molar-refractivity contribution in [3.8, 4) is 5.75 Å². The van der Waals surface area contributed by atoms with Gasteiger partial charge in [-0.15, -0.1) is 0 Å². The van der Waals surface area contributed by atoms with Gasteiger partial charge in [0, 0.05) is 5.69 Å². The number of aryl methyl sites for hydroxylation is 2. The van der Waals surface area contributed by atoms with E-state index in [1.165, 1.54) is 12.1 Å². The van der Waals surface area contributed by atoms with Gasteiger partial charge in [0.2, 0.25) is 0 Å². The summed E-state index contributed by atoms with van der Waals surface area (Å²) in [5.41, 5.74) is 3.18. The highest BCUT2D eigenvalue weighted by molar-refractivity contribution is 7.92. The lowest BCUT2D eigenvalue weighted by atomic mass is 10.1. The van der Waals surface area contributed by atoms with Crippen molar-refractivity contribution in [1.82, 2.24) is 0 Å². The molecule has 1 amide bonds. The van der Waals surface area contributed by atoms with Gasteiger partial charge in [0.05, 0.1) is 22.8 Å². The zero-order chi connectivity index (χ0) is 24.0. The maximum absolute atomic E-state index is 12.8. The molecule has 0 heterocycles. The van der Waals surface area contributed by atoms with Gasteiger partial charge >= 0.3 is 0 Å². The zero-order valence-corrected chi connectivity index (χ0v) is 20.2. The van der Waals surface area contributed by atoms with E-state index in [0.717, 1.165) is 17.5 Å². The lowest BCUT2D eigenvalue weighted by Gasteiger charge is -2.14. The first kappa shape index (κ1) is 24.3. The Morgan fingerprint density at radius 3 is 2.18 bits per heavy atom. The summed E-state index contributed by atoms with van der Waals surface area (Å²) < 4.78 is 34.1. The van der Waals surface area contributed by atoms with Gasteiger partial charge in [0.15, 0.2) is 0 Å². The Kier molecular flexibility index (Phi) is 7.76. The van der Waals surface area contributed by atoms with Gasteiger partial charge in [-0.1, -0.05) is 44.2 Å². The average molecular weight is 467 g/mol. The number of para-hydroxylation sites is 2. The number of nitrogens with one attached hydrogen (secondary N) is 2. The second-order valence-corrected chi connectivity index (χ2v) is 10.1. The molecule has 3 aromatic carbocycles. The van der Waals surface area contributed by atoms with Crippen LogP contribution in [0, 0.1) is 19.8 Å². The second kappa shape index (κ2) is 10.5. The minimum Gasteiger partial charge on any atom is -0.493 e. The van der Waals surface area contributed by atoms with Crippen molar-refractivity contribution < 1.29 is 17.9 Å². The predicted molar refractivity (Wildman–Crippen MR) is 133 cm³/mol. The van der Waals surface area contributed by atoms with E-state index in [4.69, 9.17) is 4.74 Å². The van der Waals surface area contributed by atoms with Gasteiger partial charge in [0.25, 0.3) is 15.9 Å². The van der Waals surface area contributed by atoms with Crippen molar-refractivity contribution >= 4 is 27.3 Å². The summed E-state index contributed by atoms with van der Waals surface area (Å²) in [7, 11) is -3.76. The molecule has 3 aromatic rings. The molecule has 6 nitrogen and oxygen atoms in total. The highest BCUT2D eigenvalue weighted by atomic mass is 32.2. The standard InChI is InChI=1S/C26H30N2O4S/c1-18(2)16-17-32-24-11-6-5-10-23(24)26(29)27-21-12-14-22(15-13-21)33(30,31)28-25-19(3)8-7-9-20(25)4/h5-15,18,28H,16-17H2,1-4H3,(H,27,29). The zero-order valence-electron chi connectivity index (χ0n) is 19.4. The van der Waals surface area contributed by atoms with E-state index in [1.807, 2.05) is 38.1 Å². The first-order valence-electron chi connectivity index (χ1n) is 10.9. The molecular formula is C26H30N2O4S. The van der Waals surface area contributed by atoms with Crippen molar-refractivity contribution in [2.24, 2.45) is 5.92 Å². The third kappa shape index (κ3) is 6.35. The molecule has 0 radical (unpaired) electrons. The number of hydrogen-bond donors (Lipinski definition) is 2. The van der Waals surface area contributed by atoms with Crippen LogP contribution in [-0.2, 0) is 10.0 Å². The van der Waals surface area contributed by atoms with Crippen molar-refractivity contribution in [3.05, 3.63) is 83.4 Å². The normalized spacial score (nSPS) is 11.3. The molecule has 0 fully saturated rings. The van der Waals surface area contributed by atoms with E-state index < -0.39 is 10.0 Å². The summed E-state index contributed by atoms with van der Waals surface area (Å²) in [5, 5.41) is 2.81. The van der Waals surface area contributed by atoms with E-state index >= 15 is 0 Å². The fraction of sp³-hybridized carbons (Fsp3) is 0.269. The number of hydrogen-bond acceptors (Lipinski definition) is 4. The summed E-state index contributed by atoms with van der Waals surface area (Å²) in [5.74, 6) is 0.706. The minimum atomic E-state index is -3.76. The van der Waals surface area contributed by atoms with Gasteiger partial charge in [-0.05, 0) is 73.7 Å². The minimum absolute atomic E-state index is 0.112. The van der Waals surface area contributed by atoms with E-state index in [9.17, 15) is 13.2 Å². The molecular weight excluding hydrogens is 436 g/mol. The van der Waals surface area contributed by atoms with Crippen LogP contribution in [0.3, 0.4) is 0 Å². The molecule has 0 spiro atoms. The molecule has 0 aliphatic rings. The lowest BCUT2D eigenvalue weighted by Crippen LogP contribution is -2.16. The molecule has 0 aliphatic carbocycles. The van der Waals surface area contributed by atoms with Gasteiger partial charge in [0.1, 0.15) is 5.75 Å². The Labute approximate surface area is 196 Å². The maximum Gasteiger partial charge on any atom is 0.261 e. The van der Waals surface area contributed by atoms with E-state index in [2.05, 4.69) is 23.9 Å². The predicted octanol–water partition coefficient (Wildman–Crippen LogP) is 5.78. The van der Waals surface area contributed by atoms with Crippen LogP contribution in [0.1, 0.15) is 41.8 Å². The van der Waals surface area contributed by atoms with E-state index in [0.29, 0.717) is 35.2 Å². The molecule has 0 unspecified atom stereocenters. The molecule has 3 rings (SSSR count). The highest BCUT2D eigenvalue weighted by Gasteiger charge is 2.17. The molecule has 33 heavy (non-hydrogen) atoms. The number of benzene rings is 3. The number of carbonyl (C=O) groups excluding carboxylic acids is 1. The molecule has 0 atom stereocenters. The fourth-order valence-corrected chi connectivity index (χ4v) is 4.47. The van der Waals surface area contributed by atoms with Crippen LogP contribution >= 0.6 is 0 Å². The van der Waals surface area contributed by atoms with Gasteiger partial charge < -0.3 is 10.1 Å². The molecule has 0 bridgehead atoms. The van der Waals surface area contributed by atoms with Crippen LogP contribution in [0.15, 0.2) is 71.6 Å². The molecule has 174 valence electrons. The molecule has 0 aliphatic heterocycles. The summed E-state index contributed by atoms with van der Waals surface area (Å²) in [6.07, 6.45) is 0.891. The lowest BCUT2D eigenvalue weighted by molar-refractivity contribution is 0.102. The first-order chi connectivity index (χ1) is 15.7. The molecule has 0 aromatic heterocycles. The Morgan fingerprint density at radius 2 is 1.55 bits per heavy atom. The second-order valence-electron chi connectivity index (χ2n) is 8.38. The van der Waals surface area contributed by atoms with Crippen molar-refractivity contribution in [2.75, 3.05) is 16.6 Å². The van der Waals surface area contributed by atoms with Gasteiger partial charge in [-0.3, -0.25) is 9.52 Å². The Morgan fingerprint density at radius 1 is 0.909 bits per heavy atom. The third-order valence-corrected chi connectivity index (χ3v) is 6.59. The summed E-state index contributed by atoms with van der Waals surface area (Å²) in [6.45, 7) is 8.47. The van der Waals surface area contributed by atoms with Gasteiger partial charge in [-0.2, -0.15) is 0 Å². The SMILES string of the molecule is Cc1cccc(C)c1NS(=O)(=O)c1ccc(NC(=O)c2ccccc2OCCC(C)C)cc1. The van der Waals surface area contributed by atoms with Crippen LogP contribution in [0.5, 0.6) is 5.75 Å². The molecule has 7 heteroatoms. The van der Waals surface area contributed by atoms with Crippen molar-refractivity contribution in [2.45, 2.75) is 39.0 Å². The van der Waals surface area contributed by atoms with Crippen LogP contribution in [0.25, 0.3) is 0 Å². The number of sulfonamides is 1. The first-order valence-corrected chi connectivity index (χ1v) is 12.4. The fourth-order valence-electron chi connectivity index (χ4n) is 3.27. The number of carbonyl (C=O) groups is 1. The Hall–Kier alpha value is -3.32. The Bertz CT molecular complexity index is 1200. The number of ether oxygens (including phenoxy) is 1. The number of anilines is 2.